The van der Waals surface area contributed by atoms with E-state index in [1.165, 1.54) is 19.2 Å². The summed E-state index contributed by atoms with van der Waals surface area (Å²) in [5.41, 5.74) is 3.76. The van der Waals surface area contributed by atoms with Crippen LogP contribution in [0.5, 0.6) is 5.75 Å². The first-order valence-electron chi connectivity index (χ1n) is 9.97. The molecule has 0 saturated carbocycles. The van der Waals surface area contributed by atoms with Gasteiger partial charge in [-0.15, -0.1) is 0 Å². The molecule has 0 bridgehead atoms. The molecular formula is C23H22N4O4S2. The lowest BCUT2D eigenvalue weighted by Gasteiger charge is -2.11. The zero-order valence-corrected chi connectivity index (χ0v) is 19.8. The molecule has 1 aromatic heterocycles. The number of aryl methyl sites for hydroxylation is 2. The Morgan fingerprint density at radius 1 is 1.00 bits per heavy atom. The predicted octanol–water partition coefficient (Wildman–Crippen LogP) is 5.37. The van der Waals surface area contributed by atoms with E-state index in [4.69, 9.17) is 4.74 Å². The molecule has 0 radical (unpaired) electrons. The Balaban J connectivity index is 1.57. The van der Waals surface area contributed by atoms with Crippen molar-refractivity contribution < 1.29 is 17.9 Å². The van der Waals surface area contributed by atoms with Crippen LogP contribution in [0.1, 0.15) is 11.1 Å². The van der Waals surface area contributed by atoms with Crippen molar-refractivity contribution in [3.63, 3.8) is 0 Å². The molecule has 0 spiro atoms. The molecule has 0 unspecified atom stereocenters. The Morgan fingerprint density at radius 2 is 1.76 bits per heavy atom. The van der Waals surface area contributed by atoms with Gasteiger partial charge in [0, 0.05) is 17.4 Å². The van der Waals surface area contributed by atoms with Crippen LogP contribution >= 0.6 is 11.3 Å². The molecule has 10 heteroatoms. The fourth-order valence-electron chi connectivity index (χ4n) is 3.28. The number of benzene rings is 3. The summed E-state index contributed by atoms with van der Waals surface area (Å²) in [6, 6.07) is 16.8. The summed E-state index contributed by atoms with van der Waals surface area (Å²) in [6.07, 6.45) is 0. The number of carbonyl (C=O) groups excluding carboxylic acids is 1. The van der Waals surface area contributed by atoms with Gasteiger partial charge in [-0.2, -0.15) is 0 Å². The van der Waals surface area contributed by atoms with Crippen molar-refractivity contribution in [2.45, 2.75) is 18.7 Å². The molecule has 0 aliphatic carbocycles. The summed E-state index contributed by atoms with van der Waals surface area (Å²) in [6.45, 7) is 3.91. The smallest absolute Gasteiger partial charge is 0.323 e. The van der Waals surface area contributed by atoms with E-state index in [0.29, 0.717) is 27.3 Å². The predicted molar refractivity (Wildman–Crippen MR) is 132 cm³/mol. The number of fused-ring (bicyclic) bond motifs is 1. The molecule has 2 amide bonds. The minimum Gasteiger partial charge on any atom is -0.494 e. The van der Waals surface area contributed by atoms with Crippen LogP contribution in [0.25, 0.3) is 10.2 Å². The SMILES string of the molecule is COc1cc(NC(=O)Nc2ccc(C)cc2C)cc2sc(NS(=O)(=O)c3ccccc3)nc12. The van der Waals surface area contributed by atoms with Gasteiger partial charge in [0.15, 0.2) is 5.13 Å². The highest BCUT2D eigenvalue weighted by Crippen LogP contribution is 2.36. The van der Waals surface area contributed by atoms with Crippen LogP contribution in [0.15, 0.2) is 65.6 Å². The number of carbonyl (C=O) groups is 1. The first kappa shape index (κ1) is 22.6. The molecule has 4 rings (SSSR count). The summed E-state index contributed by atoms with van der Waals surface area (Å²) in [5.74, 6) is 0.413. The molecule has 0 aliphatic heterocycles. The molecule has 1 heterocycles. The lowest BCUT2D eigenvalue weighted by molar-refractivity contribution is 0.262. The third-order valence-electron chi connectivity index (χ3n) is 4.84. The van der Waals surface area contributed by atoms with E-state index >= 15 is 0 Å². The number of sulfonamides is 1. The van der Waals surface area contributed by atoms with Crippen LogP contribution in [-0.2, 0) is 10.0 Å². The number of nitrogens with one attached hydrogen (secondary N) is 3. The Bertz CT molecular complexity index is 1430. The molecular weight excluding hydrogens is 460 g/mol. The molecule has 0 fully saturated rings. The van der Waals surface area contributed by atoms with Crippen LogP contribution in [0.3, 0.4) is 0 Å². The van der Waals surface area contributed by atoms with Crippen LogP contribution in [0, 0.1) is 13.8 Å². The van der Waals surface area contributed by atoms with Crippen molar-refractivity contribution >= 4 is 54.1 Å². The number of hydrogen-bond donors (Lipinski definition) is 3. The third kappa shape index (κ3) is 5.07. The van der Waals surface area contributed by atoms with Gasteiger partial charge in [-0.25, -0.2) is 18.2 Å². The first-order valence-corrected chi connectivity index (χ1v) is 12.3. The average molecular weight is 483 g/mol. The van der Waals surface area contributed by atoms with Crippen molar-refractivity contribution in [1.29, 1.82) is 0 Å². The van der Waals surface area contributed by atoms with E-state index in [-0.39, 0.29) is 10.0 Å². The maximum absolute atomic E-state index is 12.6. The maximum Gasteiger partial charge on any atom is 0.323 e. The lowest BCUT2D eigenvalue weighted by Crippen LogP contribution is -2.20. The minimum atomic E-state index is -3.77. The second-order valence-electron chi connectivity index (χ2n) is 7.36. The van der Waals surface area contributed by atoms with Crippen molar-refractivity contribution in [2.24, 2.45) is 0 Å². The van der Waals surface area contributed by atoms with Gasteiger partial charge in [-0.1, -0.05) is 47.2 Å². The van der Waals surface area contributed by atoms with E-state index < -0.39 is 16.1 Å². The zero-order valence-electron chi connectivity index (χ0n) is 18.2. The van der Waals surface area contributed by atoms with Gasteiger partial charge >= 0.3 is 6.03 Å². The van der Waals surface area contributed by atoms with Gasteiger partial charge in [0.25, 0.3) is 10.0 Å². The van der Waals surface area contributed by atoms with Crippen LogP contribution < -0.4 is 20.1 Å². The molecule has 3 N–H and O–H groups in total. The van der Waals surface area contributed by atoms with Gasteiger partial charge in [-0.3, -0.25) is 4.72 Å². The fraction of sp³-hybridized carbons (Fsp3) is 0.130. The standard InChI is InChI=1S/C23H22N4O4S2/c1-14-9-10-18(15(2)11-14)25-22(28)24-16-12-19(31-3)21-20(13-16)32-23(26-21)27-33(29,30)17-7-5-4-6-8-17/h4-13H,1-3H3,(H,26,27)(H2,24,25,28). The van der Waals surface area contributed by atoms with Gasteiger partial charge in [0.05, 0.1) is 16.7 Å². The van der Waals surface area contributed by atoms with Crippen LogP contribution in [0.4, 0.5) is 21.3 Å². The fourth-order valence-corrected chi connectivity index (χ4v) is 5.46. The summed E-state index contributed by atoms with van der Waals surface area (Å²) >= 11 is 1.14. The Kier molecular flexibility index (Phi) is 6.21. The summed E-state index contributed by atoms with van der Waals surface area (Å²) in [5, 5.41) is 5.82. The van der Waals surface area contributed by atoms with E-state index in [1.54, 1.807) is 30.3 Å². The summed E-state index contributed by atoms with van der Waals surface area (Å²) in [7, 11) is -2.29. The summed E-state index contributed by atoms with van der Waals surface area (Å²) in [4.78, 5) is 17.1. The first-order chi connectivity index (χ1) is 15.7. The molecule has 0 saturated heterocycles. The zero-order chi connectivity index (χ0) is 23.6. The van der Waals surface area contributed by atoms with E-state index in [9.17, 15) is 13.2 Å². The number of aromatic nitrogens is 1. The molecule has 4 aromatic rings. The lowest BCUT2D eigenvalue weighted by atomic mass is 10.1. The summed E-state index contributed by atoms with van der Waals surface area (Å²) < 4.78 is 33.8. The van der Waals surface area contributed by atoms with Gasteiger partial charge < -0.3 is 15.4 Å². The number of hydrogen-bond acceptors (Lipinski definition) is 6. The topological polar surface area (TPSA) is 109 Å². The highest BCUT2D eigenvalue weighted by molar-refractivity contribution is 7.93. The number of methoxy groups -OCH3 is 1. The minimum absolute atomic E-state index is 0.140. The van der Waals surface area contributed by atoms with E-state index in [1.807, 2.05) is 32.0 Å². The number of nitrogens with zero attached hydrogens (tertiary/aromatic N) is 1. The second kappa shape index (κ2) is 9.08. The van der Waals surface area contributed by atoms with Gasteiger partial charge in [-0.05, 0) is 43.7 Å². The number of rotatable bonds is 6. The van der Waals surface area contributed by atoms with Crippen LogP contribution in [-0.4, -0.2) is 26.5 Å². The number of urea groups is 1. The Labute approximate surface area is 195 Å². The van der Waals surface area contributed by atoms with Gasteiger partial charge in [0.2, 0.25) is 0 Å². The Hall–Kier alpha value is -3.63. The van der Waals surface area contributed by atoms with Crippen molar-refractivity contribution in [3.05, 3.63) is 71.8 Å². The van der Waals surface area contributed by atoms with Crippen LogP contribution in [0.2, 0.25) is 0 Å². The van der Waals surface area contributed by atoms with Crippen molar-refractivity contribution in [3.8, 4) is 5.75 Å². The number of anilines is 3. The quantitative estimate of drug-likeness (QED) is 0.342. The molecule has 3 aromatic carbocycles. The molecule has 0 aliphatic rings. The number of ether oxygens (including phenoxy) is 1. The van der Waals surface area contributed by atoms with Crippen molar-refractivity contribution in [2.75, 3.05) is 22.5 Å². The monoisotopic (exact) mass is 482 g/mol. The molecule has 8 nitrogen and oxygen atoms in total. The Morgan fingerprint density at radius 3 is 2.45 bits per heavy atom. The number of thiazole rings is 1. The van der Waals surface area contributed by atoms with E-state index in [0.717, 1.165) is 22.5 Å². The highest BCUT2D eigenvalue weighted by Gasteiger charge is 2.18. The molecule has 33 heavy (non-hydrogen) atoms. The average Bonchev–Trinajstić information content (AvgIpc) is 3.17. The largest absolute Gasteiger partial charge is 0.494 e. The highest BCUT2D eigenvalue weighted by atomic mass is 32.2. The van der Waals surface area contributed by atoms with Crippen molar-refractivity contribution in [1.82, 2.24) is 4.98 Å². The van der Waals surface area contributed by atoms with E-state index in [2.05, 4.69) is 20.3 Å². The second-order valence-corrected chi connectivity index (χ2v) is 10.1. The maximum atomic E-state index is 12.6. The number of amides is 2. The molecule has 0 atom stereocenters. The molecule has 170 valence electrons. The van der Waals surface area contributed by atoms with Gasteiger partial charge in [0.1, 0.15) is 11.3 Å². The third-order valence-corrected chi connectivity index (χ3v) is 7.24. The normalized spacial score (nSPS) is 11.2.